The molecule has 0 saturated carbocycles. The van der Waals surface area contributed by atoms with Crippen molar-refractivity contribution in [2.75, 3.05) is 43.6 Å². The lowest BCUT2D eigenvalue weighted by molar-refractivity contribution is 0.0602. The molecule has 0 bridgehead atoms. The molecule has 7 nitrogen and oxygen atoms in total. The highest BCUT2D eigenvalue weighted by Gasteiger charge is 2.20. The van der Waals surface area contributed by atoms with Gasteiger partial charge in [-0.05, 0) is 46.3 Å². The number of hydrogen-bond donors (Lipinski definition) is 1. The second-order valence-electron chi connectivity index (χ2n) is 6.54. The highest BCUT2D eigenvalue weighted by atomic mass is 79.9. The van der Waals surface area contributed by atoms with E-state index in [1.54, 1.807) is 18.2 Å². The number of esters is 1. The van der Waals surface area contributed by atoms with Gasteiger partial charge in [-0.1, -0.05) is 12.1 Å². The van der Waals surface area contributed by atoms with Crippen LogP contribution in [0.1, 0.15) is 20.9 Å². The Morgan fingerprint density at radius 1 is 1.14 bits per heavy atom. The first kappa shape index (κ1) is 19.5. The fourth-order valence-electron chi connectivity index (χ4n) is 3.26. The zero-order valence-corrected chi connectivity index (χ0v) is 17.3. The number of carbonyl (C=O) groups is 2. The van der Waals surface area contributed by atoms with Gasteiger partial charge in [0.15, 0.2) is 5.76 Å². The van der Waals surface area contributed by atoms with Crippen molar-refractivity contribution in [1.82, 2.24) is 0 Å². The van der Waals surface area contributed by atoms with Gasteiger partial charge in [-0.25, -0.2) is 4.79 Å². The number of fused-ring (bicyclic) bond motifs is 1. The van der Waals surface area contributed by atoms with Crippen molar-refractivity contribution in [3.05, 3.63) is 58.3 Å². The molecule has 0 unspecified atom stereocenters. The van der Waals surface area contributed by atoms with Crippen molar-refractivity contribution < 1.29 is 23.5 Å². The molecule has 4 rings (SSSR count). The molecule has 1 fully saturated rings. The third-order valence-corrected chi connectivity index (χ3v) is 5.38. The van der Waals surface area contributed by atoms with Crippen LogP contribution in [0.3, 0.4) is 0 Å². The molecule has 150 valence electrons. The summed E-state index contributed by atoms with van der Waals surface area (Å²) in [5.74, 6) is -0.819. The van der Waals surface area contributed by atoms with Gasteiger partial charge in [-0.2, -0.15) is 0 Å². The van der Waals surface area contributed by atoms with Gasteiger partial charge in [0.25, 0.3) is 5.91 Å². The van der Waals surface area contributed by atoms with Crippen molar-refractivity contribution in [3.63, 3.8) is 0 Å². The molecule has 8 heteroatoms. The molecule has 0 atom stereocenters. The lowest BCUT2D eigenvalue weighted by atomic mass is 10.1. The van der Waals surface area contributed by atoms with Crippen LogP contribution in [0.15, 0.2) is 51.4 Å². The Labute approximate surface area is 175 Å². The molecule has 1 aliphatic heterocycles. The summed E-state index contributed by atoms with van der Waals surface area (Å²) < 4.78 is 16.7. The summed E-state index contributed by atoms with van der Waals surface area (Å²) in [7, 11) is 1.31. The highest BCUT2D eigenvalue weighted by Crippen LogP contribution is 2.29. The molecule has 1 N–H and O–H groups in total. The number of morpholine rings is 1. The quantitative estimate of drug-likeness (QED) is 0.593. The van der Waals surface area contributed by atoms with Crippen molar-refractivity contribution in [2.45, 2.75) is 0 Å². The molecule has 2 aromatic carbocycles. The topological polar surface area (TPSA) is 81.0 Å². The Morgan fingerprint density at radius 2 is 1.93 bits per heavy atom. The third kappa shape index (κ3) is 3.99. The second-order valence-corrected chi connectivity index (χ2v) is 7.40. The van der Waals surface area contributed by atoms with Crippen molar-refractivity contribution in [1.29, 1.82) is 0 Å². The Kier molecular flexibility index (Phi) is 5.55. The van der Waals surface area contributed by atoms with Crippen LogP contribution < -0.4 is 10.2 Å². The van der Waals surface area contributed by atoms with E-state index < -0.39 is 11.9 Å². The monoisotopic (exact) mass is 458 g/mol. The van der Waals surface area contributed by atoms with E-state index in [2.05, 4.69) is 26.1 Å². The smallest absolute Gasteiger partial charge is 0.340 e. The summed E-state index contributed by atoms with van der Waals surface area (Å²) in [5.41, 5.74) is 2.10. The first-order valence-corrected chi connectivity index (χ1v) is 9.90. The number of nitrogens with one attached hydrogen (secondary N) is 1. The van der Waals surface area contributed by atoms with Gasteiger partial charge in [-0.15, -0.1) is 0 Å². The Balaban J connectivity index is 1.63. The van der Waals surface area contributed by atoms with E-state index in [0.717, 1.165) is 28.6 Å². The van der Waals surface area contributed by atoms with E-state index in [1.807, 2.05) is 24.3 Å². The molecule has 3 aromatic rings. The highest BCUT2D eigenvalue weighted by molar-refractivity contribution is 9.10. The second kappa shape index (κ2) is 8.26. The average molecular weight is 459 g/mol. The molecular formula is C21H19BrN2O5. The van der Waals surface area contributed by atoms with E-state index in [0.29, 0.717) is 24.5 Å². The minimum absolute atomic E-state index is 0.153. The molecule has 0 aliphatic carbocycles. The minimum Gasteiger partial charge on any atom is -0.465 e. The van der Waals surface area contributed by atoms with Gasteiger partial charge in [0.1, 0.15) is 5.58 Å². The Morgan fingerprint density at radius 3 is 2.66 bits per heavy atom. The maximum atomic E-state index is 12.7. The van der Waals surface area contributed by atoms with Crippen LogP contribution in [0.2, 0.25) is 0 Å². The van der Waals surface area contributed by atoms with Crippen molar-refractivity contribution in [2.24, 2.45) is 0 Å². The van der Waals surface area contributed by atoms with Gasteiger partial charge in [0, 0.05) is 24.2 Å². The molecule has 1 aliphatic rings. The molecule has 0 spiro atoms. The zero-order valence-electron chi connectivity index (χ0n) is 15.7. The molecular weight excluding hydrogens is 440 g/mol. The fraction of sp³-hybridized carbons (Fsp3) is 0.238. The van der Waals surface area contributed by atoms with E-state index >= 15 is 0 Å². The summed E-state index contributed by atoms with van der Waals surface area (Å²) in [5, 5.41) is 3.57. The number of rotatable bonds is 4. The molecule has 1 amide bonds. The van der Waals surface area contributed by atoms with Crippen LogP contribution in [-0.4, -0.2) is 45.3 Å². The number of amides is 1. The average Bonchev–Trinajstić information content (AvgIpc) is 3.20. The maximum Gasteiger partial charge on any atom is 0.340 e. The van der Waals surface area contributed by atoms with Crippen molar-refractivity contribution >= 4 is 50.2 Å². The number of anilines is 2. The van der Waals surface area contributed by atoms with E-state index in [9.17, 15) is 9.59 Å². The largest absolute Gasteiger partial charge is 0.465 e. The molecule has 29 heavy (non-hydrogen) atoms. The van der Waals surface area contributed by atoms with E-state index in [-0.39, 0.29) is 11.3 Å². The molecule has 0 radical (unpaired) electrons. The summed E-state index contributed by atoms with van der Waals surface area (Å²) in [4.78, 5) is 27.2. The lowest BCUT2D eigenvalue weighted by Crippen LogP contribution is -2.36. The van der Waals surface area contributed by atoms with Gasteiger partial charge in [0.2, 0.25) is 0 Å². The summed E-state index contributed by atoms with van der Waals surface area (Å²) in [6.45, 7) is 2.74. The summed E-state index contributed by atoms with van der Waals surface area (Å²) >= 11 is 3.41. The van der Waals surface area contributed by atoms with Crippen LogP contribution in [0.4, 0.5) is 11.4 Å². The first-order chi connectivity index (χ1) is 14.1. The van der Waals surface area contributed by atoms with Gasteiger partial charge >= 0.3 is 5.97 Å². The third-order valence-electron chi connectivity index (χ3n) is 4.75. The predicted octanol–water partition coefficient (Wildman–Crippen LogP) is 4.07. The molecule has 2 heterocycles. The van der Waals surface area contributed by atoms with Crippen LogP contribution in [0.25, 0.3) is 11.0 Å². The molecule has 1 aromatic heterocycles. The Hall–Kier alpha value is -2.84. The number of furan rings is 1. The number of halogens is 1. The van der Waals surface area contributed by atoms with E-state index in [4.69, 9.17) is 13.9 Å². The summed E-state index contributed by atoms with van der Waals surface area (Å²) in [6.07, 6.45) is 0. The van der Waals surface area contributed by atoms with Crippen LogP contribution in [0.5, 0.6) is 0 Å². The molecule has 1 saturated heterocycles. The number of methoxy groups -OCH3 is 1. The minimum atomic E-state index is -0.525. The van der Waals surface area contributed by atoms with Gasteiger partial charge in [-0.3, -0.25) is 4.79 Å². The number of hydrogen-bond acceptors (Lipinski definition) is 6. The lowest BCUT2D eigenvalue weighted by Gasteiger charge is -2.29. The number of nitrogens with zero attached hydrogens (tertiary/aromatic N) is 1. The zero-order chi connectivity index (χ0) is 20.4. The van der Waals surface area contributed by atoms with E-state index in [1.165, 1.54) is 7.11 Å². The normalized spacial score (nSPS) is 14.1. The number of carbonyl (C=O) groups excluding carboxylic acids is 2. The fourth-order valence-corrected chi connectivity index (χ4v) is 3.72. The van der Waals surface area contributed by atoms with Crippen LogP contribution in [-0.2, 0) is 9.47 Å². The van der Waals surface area contributed by atoms with Gasteiger partial charge in [0.05, 0.1) is 36.0 Å². The predicted molar refractivity (Wildman–Crippen MR) is 113 cm³/mol. The SMILES string of the molecule is COC(=O)c1cc(N2CCOCC2)ccc1NC(=O)c1cc2cccc(Br)c2o1. The maximum absolute atomic E-state index is 12.7. The summed E-state index contributed by atoms with van der Waals surface area (Å²) in [6, 6.07) is 12.5. The van der Waals surface area contributed by atoms with Gasteiger partial charge < -0.3 is 24.1 Å². The van der Waals surface area contributed by atoms with Crippen molar-refractivity contribution in [3.8, 4) is 0 Å². The number of ether oxygens (including phenoxy) is 2. The standard InChI is InChI=1S/C21H19BrN2O5/c1-27-21(26)15-12-14(24-7-9-28-10-8-24)5-6-17(15)23-20(25)18-11-13-3-2-4-16(22)19(13)29-18/h2-6,11-12H,7-10H2,1H3,(H,23,25). The Bertz CT molecular complexity index is 1070. The van der Waals surface area contributed by atoms with Crippen LogP contribution in [0, 0.1) is 0 Å². The first-order valence-electron chi connectivity index (χ1n) is 9.11. The number of para-hydroxylation sites is 1. The number of benzene rings is 2. The van der Waals surface area contributed by atoms with Crippen LogP contribution >= 0.6 is 15.9 Å².